The average Bonchev–Trinajstić information content (AvgIpc) is 2.47. The van der Waals surface area contributed by atoms with Crippen LogP contribution in [0.4, 0.5) is 13.2 Å². The van der Waals surface area contributed by atoms with E-state index in [1.54, 1.807) is 6.07 Å². The molecule has 2 unspecified atom stereocenters. The number of halogens is 4. The van der Waals surface area contributed by atoms with Gasteiger partial charge < -0.3 is 5.32 Å². The predicted octanol–water partition coefficient (Wildman–Crippen LogP) is 4.39. The lowest BCUT2D eigenvalue weighted by Gasteiger charge is -2.20. The molecule has 0 aliphatic rings. The molecule has 0 aromatic carbocycles. The Morgan fingerprint density at radius 2 is 2.00 bits per heavy atom. The van der Waals surface area contributed by atoms with Crippen LogP contribution in [0.1, 0.15) is 31.2 Å². The van der Waals surface area contributed by atoms with E-state index in [1.807, 2.05) is 13.0 Å². The molecule has 0 fully saturated rings. The van der Waals surface area contributed by atoms with Crippen molar-refractivity contribution >= 4 is 22.9 Å². The summed E-state index contributed by atoms with van der Waals surface area (Å²) < 4.78 is 37.0. The zero-order chi connectivity index (χ0) is 12.3. The SMILES string of the molecule is CC(CC(F)(F)F)NC(C)c1ccc(Cl)s1. The van der Waals surface area contributed by atoms with Gasteiger partial charge in [-0.25, -0.2) is 0 Å². The van der Waals surface area contributed by atoms with Crippen molar-refractivity contribution in [3.05, 3.63) is 21.3 Å². The zero-order valence-electron chi connectivity index (χ0n) is 8.94. The number of hydrogen-bond acceptors (Lipinski definition) is 2. The number of thiophene rings is 1. The highest BCUT2D eigenvalue weighted by Crippen LogP contribution is 2.28. The van der Waals surface area contributed by atoms with E-state index in [-0.39, 0.29) is 6.04 Å². The molecular weight excluding hydrogens is 259 g/mol. The zero-order valence-corrected chi connectivity index (χ0v) is 10.5. The monoisotopic (exact) mass is 271 g/mol. The fraction of sp³-hybridized carbons (Fsp3) is 0.600. The summed E-state index contributed by atoms with van der Waals surface area (Å²) in [6.07, 6.45) is -4.95. The molecule has 1 aromatic rings. The van der Waals surface area contributed by atoms with Gasteiger partial charge in [0.15, 0.2) is 0 Å². The molecule has 1 rings (SSSR count). The van der Waals surface area contributed by atoms with Crippen molar-refractivity contribution in [1.82, 2.24) is 5.32 Å². The van der Waals surface area contributed by atoms with Crippen LogP contribution in [-0.4, -0.2) is 12.2 Å². The third-order valence-electron chi connectivity index (χ3n) is 2.09. The molecule has 0 saturated carbocycles. The Hall–Kier alpha value is -0.260. The molecule has 1 N–H and O–H groups in total. The van der Waals surface area contributed by atoms with Gasteiger partial charge in [0, 0.05) is 17.0 Å². The second kappa shape index (κ2) is 5.38. The minimum absolute atomic E-state index is 0.116. The summed E-state index contributed by atoms with van der Waals surface area (Å²) in [5.74, 6) is 0. The molecule has 0 radical (unpaired) electrons. The maximum Gasteiger partial charge on any atom is 0.390 e. The van der Waals surface area contributed by atoms with Gasteiger partial charge >= 0.3 is 6.18 Å². The fourth-order valence-corrected chi connectivity index (χ4v) is 2.55. The molecule has 0 bridgehead atoms. The summed E-state index contributed by atoms with van der Waals surface area (Å²) in [5, 5.41) is 2.90. The molecule has 16 heavy (non-hydrogen) atoms. The van der Waals surface area contributed by atoms with Gasteiger partial charge in [-0.1, -0.05) is 11.6 Å². The van der Waals surface area contributed by atoms with Crippen LogP contribution in [0, 0.1) is 0 Å². The van der Waals surface area contributed by atoms with Crippen molar-refractivity contribution in [3.63, 3.8) is 0 Å². The van der Waals surface area contributed by atoms with Gasteiger partial charge in [0.05, 0.1) is 10.8 Å². The van der Waals surface area contributed by atoms with Crippen LogP contribution in [0.5, 0.6) is 0 Å². The average molecular weight is 272 g/mol. The number of nitrogens with one attached hydrogen (secondary N) is 1. The quantitative estimate of drug-likeness (QED) is 0.856. The van der Waals surface area contributed by atoms with Gasteiger partial charge in [-0.15, -0.1) is 11.3 Å². The fourth-order valence-electron chi connectivity index (χ4n) is 1.48. The lowest BCUT2D eigenvalue weighted by atomic mass is 10.2. The minimum atomic E-state index is -4.13. The van der Waals surface area contributed by atoms with Gasteiger partial charge in [-0.3, -0.25) is 0 Å². The standard InChI is InChI=1S/C10H13ClF3NS/c1-6(5-10(12,13)14)15-7(2)8-3-4-9(11)16-8/h3-4,6-7,15H,5H2,1-2H3. The van der Waals surface area contributed by atoms with Gasteiger partial charge in [0.25, 0.3) is 0 Å². The molecule has 92 valence electrons. The molecule has 6 heteroatoms. The molecule has 0 aliphatic carbocycles. The Labute approximate surface area is 102 Å². The van der Waals surface area contributed by atoms with Crippen molar-refractivity contribution in [2.24, 2.45) is 0 Å². The van der Waals surface area contributed by atoms with Crippen molar-refractivity contribution < 1.29 is 13.2 Å². The maximum atomic E-state index is 12.1. The first-order valence-electron chi connectivity index (χ1n) is 4.86. The molecule has 1 heterocycles. The normalized spacial score (nSPS) is 16.1. The topological polar surface area (TPSA) is 12.0 Å². The van der Waals surface area contributed by atoms with Crippen LogP contribution >= 0.6 is 22.9 Å². The van der Waals surface area contributed by atoms with Gasteiger partial charge in [-0.05, 0) is 26.0 Å². The van der Waals surface area contributed by atoms with Gasteiger partial charge in [-0.2, -0.15) is 13.2 Å². The first-order valence-corrected chi connectivity index (χ1v) is 6.05. The lowest BCUT2D eigenvalue weighted by Crippen LogP contribution is -2.32. The van der Waals surface area contributed by atoms with Crippen LogP contribution in [0.3, 0.4) is 0 Å². The van der Waals surface area contributed by atoms with E-state index in [0.29, 0.717) is 4.34 Å². The lowest BCUT2D eigenvalue weighted by molar-refractivity contribution is -0.139. The third-order valence-corrected chi connectivity index (χ3v) is 3.51. The van der Waals surface area contributed by atoms with E-state index in [9.17, 15) is 13.2 Å². The van der Waals surface area contributed by atoms with Crippen molar-refractivity contribution in [2.75, 3.05) is 0 Å². The summed E-state index contributed by atoms with van der Waals surface area (Å²) in [4.78, 5) is 0.944. The van der Waals surface area contributed by atoms with Gasteiger partial charge in [0.1, 0.15) is 0 Å². The highest BCUT2D eigenvalue weighted by molar-refractivity contribution is 7.16. The molecule has 1 nitrogen and oxygen atoms in total. The molecule has 2 atom stereocenters. The molecule has 0 aliphatic heterocycles. The highest BCUT2D eigenvalue weighted by Gasteiger charge is 2.30. The minimum Gasteiger partial charge on any atom is -0.307 e. The van der Waals surface area contributed by atoms with E-state index < -0.39 is 18.6 Å². The van der Waals surface area contributed by atoms with E-state index in [0.717, 1.165) is 4.88 Å². The molecule has 1 aromatic heterocycles. The van der Waals surface area contributed by atoms with Crippen LogP contribution in [0.15, 0.2) is 12.1 Å². The van der Waals surface area contributed by atoms with E-state index in [2.05, 4.69) is 5.32 Å². The van der Waals surface area contributed by atoms with E-state index >= 15 is 0 Å². The van der Waals surface area contributed by atoms with E-state index in [4.69, 9.17) is 11.6 Å². The Kier molecular flexibility index (Phi) is 4.64. The Morgan fingerprint density at radius 1 is 1.38 bits per heavy atom. The summed E-state index contributed by atoms with van der Waals surface area (Å²) in [6.45, 7) is 3.36. The third kappa shape index (κ3) is 4.72. The van der Waals surface area contributed by atoms with Gasteiger partial charge in [0.2, 0.25) is 0 Å². The summed E-state index contributed by atoms with van der Waals surface area (Å²) >= 11 is 7.14. The molecular formula is C10H13ClF3NS. The maximum absolute atomic E-state index is 12.1. The Bertz CT molecular complexity index is 337. The number of rotatable bonds is 4. The van der Waals surface area contributed by atoms with Crippen LogP contribution in [0.25, 0.3) is 0 Å². The Balaban J connectivity index is 2.48. The smallest absolute Gasteiger partial charge is 0.307 e. The molecule has 0 amide bonds. The number of alkyl halides is 3. The summed E-state index contributed by atoms with van der Waals surface area (Å²) in [5.41, 5.74) is 0. The van der Waals surface area contributed by atoms with Crippen molar-refractivity contribution in [3.8, 4) is 0 Å². The molecule has 0 spiro atoms. The first kappa shape index (κ1) is 13.8. The summed E-state index contributed by atoms with van der Waals surface area (Å²) in [7, 11) is 0. The second-order valence-electron chi connectivity index (χ2n) is 3.75. The predicted molar refractivity (Wildman–Crippen MR) is 61.0 cm³/mol. The van der Waals surface area contributed by atoms with Crippen LogP contribution in [-0.2, 0) is 0 Å². The van der Waals surface area contributed by atoms with E-state index in [1.165, 1.54) is 18.3 Å². The second-order valence-corrected chi connectivity index (χ2v) is 5.50. The first-order chi connectivity index (χ1) is 7.28. The van der Waals surface area contributed by atoms with Crippen LogP contribution in [0.2, 0.25) is 4.34 Å². The summed E-state index contributed by atoms with van der Waals surface area (Å²) in [6, 6.07) is 2.85. The van der Waals surface area contributed by atoms with Crippen LogP contribution < -0.4 is 5.32 Å². The number of hydrogen-bond donors (Lipinski definition) is 1. The Morgan fingerprint density at radius 3 is 2.44 bits per heavy atom. The highest BCUT2D eigenvalue weighted by atomic mass is 35.5. The largest absolute Gasteiger partial charge is 0.390 e. The molecule has 0 saturated heterocycles. The van der Waals surface area contributed by atoms with Crippen molar-refractivity contribution in [1.29, 1.82) is 0 Å². The van der Waals surface area contributed by atoms with Crippen molar-refractivity contribution in [2.45, 2.75) is 38.5 Å².